The third-order valence-corrected chi connectivity index (χ3v) is 3.83. The predicted octanol–water partition coefficient (Wildman–Crippen LogP) is 3.57. The number of rotatable bonds is 2. The maximum Gasteiger partial charge on any atom is 0.159 e. The normalized spacial score (nSPS) is 10.2. The quantitative estimate of drug-likeness (QED) is 0.642. The van der Waals surface area contributed by atoms with Gasteiger partial charge in [-0.25, -0.2) is 0 Å². The van der Waals surface area contributed by atoms with E-state index in [2.05, 4.69) is 11.1 Å². The number of para-hydroxylation sites is 1. The van der Waals surface area contributed by atoms with E-state index in [4.69, 9.17) is 17.5 Å². The highest BCUT2D eigenvalue weighted by Crippen LogP contribution is 2.29. The fourth-order valence-corrected chi connectivity index (χ4v) is 3.08. The summed E-state index contributed by atoms with van der Waals surface area (Å²) in [5, 5.41) is 8.51. The van der Waals surface area contributed by atoms with E-state index in [1.165, 1.54) is 11.8 Å². The van der Waals surface area contributed by atoms with Crippen molar-refractivity contribution in [3.8, 4) is 6.07 Å². The monoisotopic (exact) mass is 238 g/mol. The summed E-state index contributed by atoms with van der Waals surface area (Å²) in [4.78, 5) is 4.23. The molecule has 0 radical (unpaired) electrons. The van der Waals surface area contributed by atoms with Crippen LogP contribution in [-0.4, -0.2) is 10.7 Å². The molecule has 1 aromatic carbocycles. The fourth-order valence-electron chi connectivity index (χ4n) is 1.18. The summed E-state index contributed by atoms with van der Waals surface area (Å²) in [6.07, 6.45) is 0. The molecule has 0 saturated carbocycles. The lowest BCUT2D eigenvalue weighted by Gasteiger charge is -1.97. The lowest BCUT2D eigenvalue weighted by molar-refractivity contribution is 1.39. The van der Waals surface area contributed by atoms with Crippen LogP contribution in [-0.2, 0) is 0 Å². The van der Waals surface area contributed by atoms with Crippen LogP contribution in [0.2, 0.25) is 0 Å². The van der Waals surface area contributed by atoms with Gasteiger partial charge in [-0.2, -0.15) is 5.26 Å². The minimum Gasteiger partial charge on any atom is -0.336 e. The molecule has 2 aromatic rings. The van der Waals surface area contributed by atoms with Crippen molar-refractivity contribution in [1.82, 2.24) is 4.98 Å². The maximum atomic E-state index is 8.51. The van der Waals surface area contributed by atoms with Gasteiger partial charge in [-0.3, -0.25) is 0 Å². The van der Waals surface area contributed by atoms with Crippen molar-refractivity contribution in [2.45, 2.75) is 4.90 Å². The first-order valence-corrected chi connectivity index (χ1v) is 6.14. The van der Waals surface area contributed by atoms with Gasteiger partial charge in [-0.05, 0) is 24.4 Å². The summed E-state index contributed by atoms with van der Waals surface area (Å²) in [6, 6.07) is 8.13. The summed E-state index contributed by atoms with van der Waals surface area (Å²) >= 11 is 8.17. The molecule has 14 heavy (non-hydrogen) atoms. The maximum absolute atomic E-state index is 8.51. The zero-order valence-corrected chi connectivity index (χ0v) is 9.56. The highest BCUT2D eigenvalue weighted by molar-refractivity contribution is 7.99. The molecule has 0 saturated heterocycles. The first-order chi connectivity index (χ1) is 6.81. The summed E-state index contributed by atoms with van der Waals surface area (Å²) in [7, 11) is 0. The van der Waals surface area contributed by atoms with Crippen LogP contribution in [0.3, 0.4) is 0 Å². The fraction of sp³-hybridized carbons (Fsp3) is 0.111. The average molecular weight is 238 g/mol. The van der Waals surface area contributed by atoms with Crippen molar-refractivity contribution in [3.05, 3.63) is 22.2 Å². The third-order valence-electron chi connectivity index (χ3n) is 1.71. The van der Waals surface area contributed by atoms with E-state index in [1.54, 1.807) is 11.3 Å². The molecular weight excluding hydrogens is 232 g/mol. The van der Waals surface area contributed by atoms with Crippen LogP contribution in [0, 0.1) is 15.3 Å². The molecule has 0 aliphatic rings. The van der Waals surface area contributed by atoms with Crippen LogP contribution in [0.1, 0.15) is 0 Å². The number of hydrogen-bond donors (Lipinski definition) is 1. The first-order valence-electron chi connectivity index (χ1n) is 3.93. The number of aromatic nitrogens is 1. The van der Waals surface area contributed by atoms with Crippen LogP contribution in [0.25, 0.3) is 10.2 Å². The largest absolute Gasteiger partial charge is 0.336 e. The first kappa shape index (κ1) is 9.71. The molecule has 1 aromatic heterocycles. The minimum atomic E-state index is 0.468. The van der Waals surface area contributed by atoms with E-state index in [0.29, 0.717) is 5.75 Å². The van der Waals surface area contributed by atoms with Crippen molar-refractivity contribution in [2.24, 2.45) is 0 Å². The standard InChI is InChI=1S/C9H6N2S3/c10-4-5-13-6-2-1-3-7-8(6)11-9(12)14-7/h1-3H,5H2,(H,11,12). The Bertz CT molecular complexity index is 547. The van der Waals surface area contributed by atoms with Crippen LogP contribution >= 0.6 is 35.3 Å². The van der Waals surface area contributed by atoms with E-state index in [1.807, 2.05) is 18.2 Å². The van der Waals surface area contributed by atoms with E-state index in [-0.39, 0.29) is 0 Å². The SMILES string of the molecule is N#CCSc1cccc2sc(=S)[nH]c12. The lowest BCUT2D eigenvalue weighted by Crippen LogP contribution is -1.76. The van der Waals surface area contributed by atoms with E-state index in [0.717, 1.165) is 19.1 Å². The minimum absolute atomic E-state index is 0.468. The summed E-state index contributed by atoms with van der Waals surface area (Å²) in [5.41, 5.74) is 1.06. The number of hydrogen-bond acceptors (Lipinski definition) is 4. The molecule has 70 valence electrons. The second-order valence-corrected chi connectivity index (χ2v) is 5.33. The summed E-state index contributed by atoms with van der Waals surface area (Å²) in [5.74, 6) is 0.468. The molecule has 0 spiro atoms. The third kappa shape index (κ3) is 1.82. The topological polar surface area (TPSA) is 39.6 Å². The molecule has 0 atom stereocenters. The Morgan fingerprint density at radius 1 is 1.57 bits per heavy atom. The van der Waals surface area contributed by atoms with Crippen molar-refractivity contribution in [3.63, 3.8) is 0 Å². The van der Waals surface area contributed by atoms with Crippen LogP contribution in [0.15, 0.2) is 23.1 Å². The number of nitrogens with one attached hydrogen (secondary N) is 1. The Morgan fingerprint density at radius 3 is 3.21 bits per heavy atom. The number of fused-ring (bicyclic) bond motifs is 1. The number of benzene rings is 1. The number of thioether (sulfide) groups is 1. The van der Waals surface area contributed by atoms with Gasteiger partial charge in [-0.15, -0.1) is 23.1 Å². The molecule has 1 heterocycles. The molecule has 0 amide bonds. The molecule has 2 nitrogen and oxygen atoms in total. The molecule has 0 unspecified atom stereocenters. The van der Waals surface area contributed by atoms with Crippen LogP contribution in [0.4, 0.5) is 0 Å². The molecule has 5 heteroatoms. The van der Waals surface area contributed by atoms with E-state index in [9.17, 15) is 0 Å². The van der Waals surface area contributed by atoms with E-state index >= 15 is 0 Å². The van der Waals surface area contributed by atoms with Crippen molar-refractivity contribution < 1.29 is 0 Å². The Kier molecular flexibility index (Phi) is 2.87. The molecule has 2 rings (SSSR count). The van der Waals surface area contributed by atoms with Crippen molar-refractivity contribution in [1.29, 1.82) is 5.26 Å². The number of H-pyrrole nitrogens is 1. The van der Waals surface area contributed by atoms with Gasteiger partial charge in [0.15, 0.2) is 3.95 Å². The van der Waals surface area contributed by atoms with Gasteiger partial charge in [0.1, 0.15) is 0 Å². The Morgan fingerprint density at radius 2 is 2.43 bits per heavy atom. The van der Waals surface area contributed by atoms with Gasteiger partial charge in [0.05, 0.1) is 22.0 Å². The van der Waals surface area contributed by atoms with Gasteiger partial charge < -0.3 is 4.98 Å². The average Bonchev–Trinajstić information content (AvgIpc) is 2.55. The molecular formula is C9H6N2S3. The second-order valence-electron chi connectivity index (χ2n) is 2.59. The number of thiazole rings is 1. The van der Waals surface area contributed by atoms with Crippen LogP contribution in [0.5, 0.6) is 0 Å². The van der Waals surface area contributed by atoms with E-state index < -0.39 is 0 Å². The van der Waals surface area contributed by atoms with Gasteiger partial charge in [0, 0.05) is 4.90 Å². The molecule has 0 aliphatic heterocycles. The zero-order chi connectivity index (χ0) is 9.97. The molecule has 0 bridgehead atoms. The lowest BCUT2D eigenvalue weighted by atomic mass is 10.3. The Labute approximate surface area is 94.6 Å². The van der Waals surface area contributed by atoms with Crippen molar-refractivity contribution >= 4 is 45.5 Å². The molecule has 0 fully saturated rings. The van der Waals surface area contributed by atoms with Gasteiger partial charge in [-0.1, -0.05) is 6.07 Å². The van der Waals surface area contributed by atoms with Gasteiger partial charge in [0.2, 0.25) is 0 Å². The summed E-state index contributed by atoms with van der Waals surface area (Å²) < 4.78 is 1.93. The number of aromatic amines is 1. The highest BCUT2D eigenvalue weighted by Gasteiger charge is 2.03. The predicted molar refractivity (Wildman–Crippen MR) is 63.3 cm³/mol. The van der Waals surface area contributed by atoms with Gasteiger partial charge in [0.25, 0.3) is 0 Å². The summed E-state index contributed by atoms with van der Waals surface area (Å²) in [6.45, 7) is 0. The number of nitrogens with zero attached hydrogens (tertiary/aromatic N) is 1. The zero-order valence-electron chi connectivity index (χ0n) is 7.11. The second kappa shape index (κ2) is 4.13. The highest BCUT2D eigenvalue weighted by atomic mass is 32.2. The van der Waals surface area contributed by atoms with Crippen molar-refractivity contribution in [2.75, 3.05) is 5.75 Å². The Balaban J connectivity index is 2.54. The molecule has 1 N–H and O–H groups in total. The Hall–Kier alpha value is -0.830. The smallest absolute Gasteiger partial charge is 0.159 e. The molecule has 0 aliphatic carbocycles. The van der Waals surface area contributed by atoms with Gasteiger partial charge >= 0.3 is 0 Å². The number of nitriles is 1. The van der Waals surface area contributed by atoms with Crippen LogP contribution < -0.4 is 0 Å².